The Morgan fingerprint density at radius 2 is 2.31 bits per heavy atom. The van der Waals surface area contributed by atoms with E-state index in [4.69, 9.17) is 5.11 Å². The zero-order chi connectivity index (χ0) is 11.5. The van der Waals surface area contributed by atoms with E-state index in [1.165, 1.54) is 19.3 Å². The minimum absolute atomic E-state index is 0.0980. The number of rotatable bonds is 4. The lowest BCUT2D eigenvalue weighted by Gasteiger charge is -2.31. The number of nitrogens with zero attached hydrogens (tertiary/aromatic N) is 2. The molecule has 0 atom stereocenters. The molecule has 1 fully saturated rings. The van der Waals surface area contributed by atoms with Crippen LogP contribution in [0.15, 0.2) is 18.3 Å². The van der Waals surface area contributed by atoms with Crippen molar-refractivity contribution in [3.63, 3.8) is 0 Å². The molecule has 0 unspecified atom stereocenters. The molecule has 1 aliphatic carbocycles. The first kappa shape index (κ1) is 10.9. The van der Waals surface area contributed by atoms with Gasteiger partial charge >= 0.3 is 5.97 Å². The topological polar surface area (TPSA) is 53.4 Å². The average Bonchev–Trinajstić information content (AvgIpc) is 2.23. The van der Waals surface area contributed by atoms with Crippen LogP contribution < -0.4 is 4.90 Å². The molecule has 0 saturated heterocycles. The molecule has 1 aliphatic rings. The summed E-state index contributed by atoms with van der Waals surface area (Å²) in [6, 6.07) is 3.37. The molecule has 4 heteroatoms. The molecule has 0 amide bonds. The summed E-state index contributed by atoms with van der Waals surface area (Å²) in [6.45, 7) is 1.04. The molecular formula is C12H16N2O2. The van der Waals surface area contributed by atoms with Gasteiger partial charge < -0.3 is 10.0 Å². The second kappa shape index (κ2) is 4.51. The molecule has 1 aromatic heterocycles. The van der Waals surface area contributed by atoms with E-state index in [9.17, 15) is 4.79 Å². The van der Waals surface area contributed by atoms with Crippen molar-refractivity contribution < 1.29 is 9.90 Å². The molecule has 1 aromatic rings. The summed E-state index contributed by atoms with van der Waals surface area (Å²) in [5.74, 6) is -0.183. The van der Waals surface area contributed by atoms with Crippen LogP contribution in [0.25, 0.3) is 0 Å². The summed E-state index contributed by atoms with van der Waals surface area (Å²) >= 11 is 0. The van der Waals surface area contributed by atoms with Gasteiger partial charge in [0.15, 0.2) is 0 Å². The molecule has 2 rings (SSSR count). The van der Waals surface area contributed by atoms with Gasteiger partial charge in [-0.2, -0.15) is 0 Å². The van der Waals surface area contributed by atoms with E-state index >= 15 is 0 Å². The highest BCUT2D eigenvalue weighted by Crippen LogP contribution is 2.28. The third kappa shape index (κ3) is 2.32. The second-order valence-corrected chi connectivity index (χ2v) is 4.38. The average molecular weight is 220 g/mol. The van der Waals surface area contributed by atoms with Crippen LogP contribution in [-0.2, 0) is 0 Å². The zero-order valence-corrected chi connectivity index (χ0v) is 9.39. The smallest absolute Gasteiger partial charge is 0.354 e. The number of aromatic nitrogens is 1. The summed E-state index contributed by atoms with van der Waals surface area (Å²) in [6.07, 6.45) is 5.59. The highest BCUT2D eigenvalue weighted by atomic mass is 16.4. The van der Waals surface area contributed by atoms with E-state index in [2.05, 4.69) is 9.88 Å². The SMILES string of the molecule is CN(CC1CCC1)c1ccc(C(=O)O)nc1. The molecule has 16 heavy (non-hydrogen) atoms. The minimum atomic E-state index is -0.979. The van der Waals surface area contributed by atoms with E-state index in [1.807, 2.05) is 13.1 Å². The van der Waals surface area contributed by atoms with E-state index in [-0.39, 0.29) is 5.69 Å². The number of pyridine rings is 1. The minimum Gasteiger partial charge on any atom is -0.477 e. The second-order valence-electron chi connectivity index (χ2n) is 4.38. The van der Waals surface area contributed by atoms with Crippen LogP contribution in [0, 0.1) is 5.92 Å². The van der Waals surface area contributed by atoms with Crippen molar-refractivity contribution in [2.24, 2.45) is 5.92 Å². The van der Waals surface area contributed by atoms with Crippen LogP contribution in [0.1, 0.15) is 29.8 Å². The summed E-state index contributed by atoms with van der Waals surface area (Å²) in [4.78, 5) is 16.7. The Labute approximate surface area is 94.9 Å². The molecule has 0 aromatic carbocycles. The molecule has 0 aliphatic heterocycles. The Kier molecular flexibility index (Phi) is 3.08. The van der Waals surface area contributed by atoms with Gasteiger partial charge in [0.25, 0.3) is 0 Å². The van der Waals surface area contributed by atoms with Gasteiger partial charge in [-0.1, -0.05) is 6.42 Å². The van der Waals surface area contributed by atoms with Gasteiger partial charge in [0, 0.05) is 13.6 Å². The van der Waals surface area contributed by atoms with E-state index in [0.717, 1.165) is 18.2 Å². The van der Waals surface area contributed by atoms with Gasteiger partial charge in [-0.15, -0.1) is 0 Å². The van der Waals surface area contributed by atoms with Gasteiger partial charge in [-0.05, 0) is 30.9 Å². The number of carbonyl (C=O) groups is 1. The first-order chi connectivity index (χ1) is 7.66. The third-order valence-electron chi connectivity index (χ3n) is 3.16. The van der Waals surface area contributed by atoms with Crippen LogP contribution >= 0.6 is 0 Å². The van der Waals surface area contributed by atoms with E-state index in [1.54, 1.807) is 12.3 Å². The number of hydrogen-bond donors (Lipinski definition) is 1. The maximum absolute atomic E-state index is 10.6. The van der Waals surface area contributed by atoms with Gasteiger partial charge in [0.05, 0.1) is 11.9 Å². The molecule has 4 nitrogen and oxygen atoms in total. The van der Waals surface area contributed by atoms with E-state index < -0.39 is 5.97 Å². The lowest BCUT2D eigenvalue weighted by Crippen LogP contribution is -2.29. The fourth-order valence-electron chi connectivity index (χ4n) is 1.91. The number of hydrogen-bond acceptors (Lipinski definition) is 3. The van der Waals surface area contributed by atoms with Crippen molar-refractivity contribution >= 4 is 11.7 Å². The lowest BCUT2D eigenvalue weighted by atomic mass is 9.85. The largest absolute Gasteiger partial charge is 0.477 e. The Balaban J connectivity index is 1.99. The summed E-state index contributed by atoms with van der Waals surface area (Å²) in [5.41, 5.74) is 1.08. The molecule has 86 valence electrons. The van der Waals surface area contributed by atoms with Crippen molar-refractivity contribution in [2.75, 3.05) is 18.5 Å². The maximum Gasteiger partial charge on any atom is 0.354 e. The number of carboxylic acid groups (broad SMARTS) is 1. The predicted octanol–water partition coefficient (Wildman–Crippen LogP) is 2.02. The summed E-state index contributed by atoms with van der Waals surface area (Å²) in [7, 11) is 2.02. The molecule has 1 heterocycles. The van der Waals surface area contributed by atoms with Crippen molar-refractivity contribution in [3.8, 4) is 0 Å². The monoisotopic (exact) mass is 220 g/mol. The van der Waals surface area contributed by atoms with Gasteiger partial charge in [0.1, 0.15) is 5.69 Å². The molecule has 0 bridgehead atoms. The van der Waals surface area contributed by atoms with Crippen LogP contribution in [0.2, 0.25) is 0 Å². The van der Waals surface area contributed by atoms with Crippen LogP contribution in [0.5, 0.6) is 0 Å². The number of aromatic carboxylic acids is 1. The quantitative estimate of drug-likeness (QED) is 0.843. The van der Waals surface area contributed by atoms with Crippen molar-refractivity contribution in [1.82, 2.24) is 4.98 Å². The van der Waals surface area contributed by atoms with Gasteiger partial charge in [0.2, 0.25) is 0 Å². The zero-order valence-electron chi connectivity index (χ0n) is 9.39. The maximum atomic E-state index is 10.6. The fraction of sp³-hybridized carbons (Fsp3) is 0.500. The Bertz CT molecular complexity index is 371. The summed E-state index contributed by atoms with van der Waals surface area (Å²) < 4.78 is 0. The van der Waals surface area contributed by atoms with Crippen LogP contribution in [0.4, 0.5) is 5.69 Å². The van der Waals surface area contributed by atoms with E-state index in [0.29, 0.717) is 0 Å². The first-order valence-electron chi connectivity index (χ1n) is 5.57. The predicted molar refractivity (Wildman–Crippen MR) is 61.8 cm³/mol. The van der Waals surface area contributed by atoms with Crippen molar-refractivity contribution in [2.45, 2.75) is 19.3 Å². The normalized spacial score (nSPS) is 15.6. The molecule has 1 saturated carbocycles. The van der Waals surface area contributed by atoms with Gasteiger partial charge in [-0.25, -0.2) is 9.78 Å². The van der Waals surface area contributed by atoms with Crippen LogP contribution in [0.3, 0.4) is 0 Å². The Hall–Kier alpha value is -1.58. The highest BCUT2D eigenvalue weighted by molar-refractivity contribution is 5.85. The standard InChI is InChI=1S/C12H16N2O2/c1-14(8-9-3-2-4-9)10-5-6-11(12(15)16)13-7-10/h5-7,9H,2-4,8H2,1H3,(H,15,16). The van der Waals surface area contributed by atoms with Crippen LogP contribution in [-0.4, -0.2) is 29.7 Å². The molecule has 0 radical (unpaired) electrons. The Morgan fingerprint density at radius 1 is 1.56 bits per heavy atom. The molecule has 1 N–H and O–H groups in total. The Morgan fingerprint density at radius 3 is 2.75 bits per heavy atom. The van der Waals surface area contributed by atoms with Crippen molar-refractivity contribution in [3.05, 3.63) is 24.0 Å². The molecule has 0 spiro atoms. The summed E-state index contributed by atoms with van der Waals surface area (Å²) in [5, 5.41) is 8.73. The van der Waals surface area contributed by atoms with Gasteiger partial charge in [-0.3, -0.25) is 0 Å². The highest BCUT2D eigenvalue weighted by Gasteiger charge is 2.19. The number of carboxylic acids is 1. The molecular weight excluding hydrogens is 204 g/mol. The van der Waals surface area contributed by atoms with Crippen molar-refractivity contribution in [1.29, 1.82) is 0 Å². The lowest BCUT2D eigenvalue weighted by molar-refractivity contribution is 0.0690. The first-order valence-corrected chi connectivity index (χ1v) is 5.57. The fourth-order valence-corrected chi connectivity index (χ4v) is 1.91. The third-order valence-corrected chi connectivity index (χ3v) is 3.16. The number of anilines is 1.